The zero-order valence-electron chi connectivity index (χ0n) is 31.4. The van der Waals surface area contributed by atoms with Crippen LogP contribution in [0.25, 0.3) is 5.52 Å². The molecule has 3 N–H and O–H groups in total. The Kier molecular flexibility index (Phi) is 12.7. The van der Waals surface area contributed by atoms with E-state index in [0.29, 0.717) is 11.8 Å². The van der Waals surface area contributed by atoms with Gasteiger partial charge in [-0.15, -0.1) is 0 Å². The number of nitrogens with one attached hydrogen (secondary N) is 1. The maximum absolute atomic E-state index is 14.7. The second-order valence-electron chi connectivity index (χ2n) is 14.2. The van der Waals surface area contributed by atoms with E-state index in [1.54, 1.807) is 38.1 Å². The van der Waals surface area contributed by atoms with Crippen LogP contribution in [0, 0.1) is 17.2 Å². The largest absolute Gasteiger partial charge is 0.459 e. The minimum atomic E-state index is -4.62. The zero-order valence-corrected chi connectivity index (χ0v) is 32.3. The van der Waals surface area contributed by atoms with Gasteiger partial charge in [0.05, 0.1) is 24.8 Å². The topological polar surface area (TPSA) is 233 Å². The molecule has 300 valence electrons. The van der Waals surface area contributed by atoms with Gasteiger partial charge in [0.1, 0.15) is 41.7 Å². The van der Waals surface area contributed by atoms with Crippen molar-refractivity contribution >= 4 is 43.3 Å². The fraction of sp³-hybridized carbons (Fsp3) is 0.553. The molecule has 17 nitrogen and oxygen atoms in total. The number of aldehydes is 1. The van der Waals surface area contributed by atoms with Crippen LogP contribution in [0.2, 0.25) is 0 Å². The van der Waals surface area contributed by atoms with Crippen molar-refractivity contribution in [2.75, 3.05) is 12.3 Å². The van der Waals surface area contributed by atoms with Crippen LogP contribution in [0.1, 0.15) is 90.2 Å². The highest BCUT2D eigenvalue weighted by Gasteiger charge is 2.63. The minimum absolute atomic E-state index is 0.0667. The minimum Gasteiger partial charge on any atom is -0.459 e. The van der Waals surface area contributed by atoms with Crippen LogP contribution in [0.15, 0.2) is 48.8 Å². The number of carbonyl (C=O) groups is 4. The van der Waals surface area contributed by atoms with Crippen LogP contribution < -0.4 is 15.3 Å². The lowest BCUT2D eigenvalue weighted by molar-refractivity contribution is -0.169. The van der Waals surface area contributed by atoms with E-state index >= 15 is 0 Å². The first-order chi connectivity index (χ1) is 27.0. The fourth-order valence-electron chi connectivity index (χ4n) is 7.94. The first-order valence-corrected chi connectivity index (χ1v) is 20.5. The molecule has 1 unspecified atom stereocenters. The molecule has 1 saturated heterocycles. The molecule has 1 aromatic carbocycles. The van der Waals surface area contributed by atoms with Gasteiger partial charge in [0.2, 0.25) is 5.60 Å². The van der Waals surface area contributed by atoms with Gasteiger partial charge in [0.15, 0.2) is 18.0 Å². The number of aromatic nitrogens is 3. The van der Waals surface area contributed by atoms with Crippen LogP contribution in [0.4, 0.5) is 5.82 Å². The normalized spacial score (nSPS) is 24.8. The summed E-state index contributed by atoms with van der Waals surface area (Å²) in [5, 5.41) is 17.7. The maximum atomic E-state index is 14.7. The zero-order chi connectivity index (χ0) is 39.9. The van der Waals surface area contributed by atoms with Crippen LogP contribution in [-0.2, 0) is 52.8 Å². The number of esters is 3. The highest BCUT2D eigenvalue weighted by atomic mass is 31.2. The lowest BCUT2D eigenvalue weighted by Gasteiger charge is -2.35. The second-order valence-corrected chi connectivity index (χ2v) is 15.9. The Hall–Kier alpha value is -4.88. The summed E-state index contributed by atoms with van der Waals surface area (Å²) >= 11 is 0. The van der Waals surface area contributed by atoms with Gasteiger partial charge in [-0.1, -0.05) is 44.9 Å². The third kappa shape index (κ3) is 8.58. The van der Waals surface area contributed by atoms with E-state index in [9.17, 15) is 29.0 Å². The highest BCUT2D eigenvalue weighted by molar-refractivity contribution is 7.52. The summed E-state index contributed by atoms with van der Waals surface area (Å²) in [6.07, 6.45) is 3.95. The van der Waals surface area contributed by atoms with Crippen molar-refractivity contribution in [3.8, 4) is 11.8 Å². The molecule has 3 fully saturated rings. The van der Waals surface area contributed by atoms with Crippen LogP contribution in [0.5, 0.6) is 5.75 Å². The molecule has 0 radical (unpaired) electrons. The highest BCUT2D eigenvalue weighted by Crippen LogP contribution is 2.50. The van der Waals surface area contributed by atoms with Gasteiger partial charge in [0, 0.05) is 12.8 Å². The lowest BCUT2D eigenvalue weighted by Crippen LogP contribution is -2.46. The summed E-state index contributed by atoms with van der Waals surface area (Å²) in [6, 6.07) is 11.7. The summed E-state index contributed by atoms with van der Waals surface area (Å²) in [5.74, 6) is -1.64. The monoisotopic (exact) mass is 794 g/mol. The fourth-order valence-corrected chi connectivity index (χ4v) is 9.42. The number of rotatable bonds is 17. The second kappa shape index (κ2) is 17.5. The molecular formula is C38H47N6O11P. The molecule has 1 aliphatic heterocycles. The van der Waals surface area contributed by atoms with Crippen LogP contribution >= 0.6 is 7.75 Å². The molecule has 3 heterocycles. The summed E-state index contributed by atoms with van der Waals surface area (Å²) in [6.45, 7) is 2.40. The van der Waals surface area contributed by atoms with E-state index in [1.807, 2.05) is 0 Å². The predicted molar refractivity (Wildman–Crippen MR) is 197 cm³/mol. The van der Waals surface area contributed by atoms with Crippen molar-refractivity contribution in [2.24, 2.45) is 5.92 Å². The van der Waals surface area contributed by atoms with Gasteiger partial charge in [-0.2, -0.15) is 10.4 Å². The third-order valence-corrected chi connectivity index (χ3v) is 12.2. The number of anilines is 1. The van der Waals surface area contributed by atoms with Crippen molar-refractivity contribution in [2.45, 2.75) is 120 Å². The first kappa shape index (κ1) is 40.8. The molecule has 3 aliphatic rings. The number of nitrogen functional groups attached to an aromatic ring is 1. The van der Waals surface area contributed by atoms with E-state index in [2.05, 4.69) is 21.2 Å². The quantitative estimate of drug-likeness (QED) is 0.0803. The van der Waals surface area contributed by atoms with Crippen molar-refractivity contribution in [1.29, 1.82) is 5.26 Å². The number of nitrogens with zero attached hydrogens (tertiary/aromatic N) is 4. The van der Waals surface area contributed by atoms with Gasteiger partial charge in [-0.25, -0.2) is 19.2 Å². The summed E-state index contributed by atoms with van der Waals surface area (Å²) in [5.41, 5.74) is 3.69. The summed E-state index contributed by atoms with van der Waals surface area (Å²) in [4.78, 5) is 55.6. The Morgan fingerprint density at radius 3 is 2.41 bits per heavy atom. The van der Waals surface area contributed by atoms with E-state index in [0.717, 1.165) is 51.4 Å². The SMILES string of the molecule is CCC(=O)O[C@H]1[C@@H](OC(=O)CC)[C@](C#N)(c2ccc3c(N)ncnn23)O[C@@H]1COP(=O)(N[C@H](C=O)CC(=O)OC1(C2CCCC2)CCCC1)Oc1ccccc1. The number of nitriles is 1. The molecule has 0 amide bonds. The Labute approximate surface area is 324 Å². The van der Waals surface area contributed by atoms with E-state index in [4.69, 9.17) is 33.7 Å². The number of hydrogen-bond acceptors (Lipinski definition) is 15. The van der Waals surface area contributed by atoms with Crippen molar-refractivity contribution in [1.82, 2.24) is 19.7 Å². The Morgan fingerprint density at radius 1 is 1.05 bits per heavy atom. The molecule has 56 heavy (non-hydrogen) atoms. The Morgan fingerprint density at radius 2 is 1.75 bits per heavy atom. The number of ether oxygens (including phenoxy) is 4. The lowest BCUT2D eigenvalue weighted by atomic mass is 9.84. The molecule has 18 heteroatoms. The van der Waals surface area contributed by atoms with Gasteiger partial charge >= 0.3 is 25.7 Å². The molecular weight excluding hydrogens is 747 g/mol. The number of carbonyl (C=O) groups excluding carboxylic acids is 4. The average Bonchev–Trinajstić information content (AvgIpc) is 4.02. The number of benzene rings is 1. The predicted octanol–water partition coefficient (Wildman–Crippen LogP) is 4.87. The smallest absolute Gasteiger partial charge is 0.459 e. The third-order valence-electron chi connectivity index (χ3n) is 10.7. The maximum Gasteiger partial charge on any atom is 0.459 e. The number of hydrogen-bond donors (Lipinski definition) is 2. The van der Waals surface area contributed by atoms with Crippen LogP contribution in [0.3, 0.4) is 0 Å². The molecule has 2 aromatic heterocycles. The number of nitrogens with two attached hydrogens (primary N) is 1. The number of fused-ring (bicyclic) bond motifs is 1. The van der Waals surface area contributed by atoms with Gasteiger partial charge < -0.3 is 34.0 Å². The van der Waals surface area contributed by atoms with E-state index in [1.165, 1.54) is 29.0 Å². The van der Waals surface area contributed by atoms with Gasteiger partial charge in [-0.3, -0.25) is 18.9 Å². The van der Waals surface area contributed by atoms with Crippen LogP contribution in [-0.4, -0.2) is 75.4 Å². The molecule has 3 aromatic rings. The molecule has 0 spiro atoms. The van der Waals surface area contributed by atoms with Crippen molar-refractivity contribution < 1.29 is 51.7 Å². The number of para-hydroxylation sites is 1. The van der Waals surface area contributed by atoms with Gasteiger partial charge in [0.25, 0.3) is 0 Å². The molecule has 6 rings (SSSR count). The van der Waals surface area contributed by atoms with E-state index in [-0.39, 0.29) is 36.0 Å². The Balaban J connectivity index is 1.30. The summed E-state index contributed by atoms with van der Waals surface area (Å²) < 4.78 is 51.8. The van der Waals surface area contributed by atoms with E-state index < -0.39 is 74.2 Å². The Bertz CT molecular complexity index is 1980. The average molecular weight is 795 g/mol. The van der Waals surface area contributed by atoms with Gasteiger partial charge in [-0.05, 0) is 68.7 Å². The first-order valence-electron chi connectivity index (χ1n) is 19.0. The molecule has 2 saturated carbocycles. The van der Waals surface area contributed by atoms with Crippen molar-refractivity contribution in [3.05, 3.63) is 54.5 Å². The molecule has 2 aliphatic carbocycles. The molecule has 0 bridgehead atoms. The van der Waals surface area contributed by atoms with Crippen molar-refractivity contribution in [3.63, 3.8) is 0 Å². The standard InChI is InChI=1S/C38H47N6O11P/c1-3-31(46)51-34-29(53-38(23-39,35(34)52-32(47)4-2)30-17-16-28-36(40)41-24-42-44(28)30)22-50-56(49,55-27-14-6-5-7-15-27)43-26(21-45)20-33(48)54-37(18-10-11-19-37)25-12-8-9-13-25/h5-7,14-17,21,24-26,29,34-35H,3-4,8-13,18-20,22H2,1-2H3,(H,43,49)(H2,40,41,42)/t26-,29+,34+,35+,38-,56?/m0/s1. The molecule has 6 atom stereocenters. The summed E-state index contributed by atoms with van der Waals surface area (Å²) in [7, 11) is -4.62.